The average molecular weight is 406 g/mol. The van der Waals surface area contributed by atoms with Gasteiger partial charge in [-0.15, -0.1) is 0 Å². The van der Waals surface area contributed by atoms with E-state index in [9.17, 15) is 9.59 Å². The minimum Gasteiger partial charge on any atom is -0.493 e. The second-order valence-corrected chi connectivity index (χ2v) is 8.10. The molecule has 1 aliphatic heterocycles. The van der Waals surface area contributed by atoms with Crippen LogP contribution >= 0.6 is 0 Å². The number of methoxy groups -OCH3 is 2. The predicted molar refractivity (Wildman–Crippen MR) is 117 cm³/mol. The molecule has 1 unspecified atom stereocenters. The number of fused-ring (bicyclic) bond motifs is 1. The summed E-state index contributed by atoms with van der Waals surface area (Å²) in [4.78, 5) is 28.5. The van der Waals surface area contributed by atoms with E-state index in [4.69, 9.17) is 9.47 Å². The molecular weight excluding hydrogens is 380 g/mol. The molecule has 6 nitrogen and oxygen atoms in total. The summed E-state index contributed by atoms with van der Waals surface area (Å²) in [7, 11) is 3.13. The molecule has 0 saturated carbocycles. The molecule has 1 atom stereocenters. The highest BCUT2D eigenvalue weighted by atomic mass is 16.5. The number of aliphatic imine (C=N–C) groups is 1. The highest BCUT2D eigenvalue weighted by Gasteiger charge is 2.32. The third-order valence-corrected chi connectivity index (χ3v) is 4.92. The Labute approximate surface area is 176 Å². The van der Waals surface area contributed by atoms with Gasteiger partial charge >= 0.3 is 0 Å². The van der Waals surface area contributed by atoms with E-state index in [1.807, 2.05) is 18.2 Å². The van der Waals surface area contributed by atoms with E-state index in [2.05, 4.69) is 31.1 Å². The first-order valence-corrected chi connectivity index (χ1v) is 9.67. The van der Waals surface area contributed by atoms with Gasteiger partial charge in [0.2, 0.25) is 5.91 Å². The molecular formula is C24H26N2O4. The van der Waals surface area contributed by atoms with Crippen LogP contribution < -0.4 is 14.8 Å². The SMILES string of the molecule is COc1ccc(/C=C\C(=O)N=C2C=CC3C(=C2)NC(=O)C=C3C(C)(C)C)cc1OC. The van der Waals surface area contributed by atoms with Gasteiger partial charge in [-0.2, -0.15) is 0 Å². The van der Waals surface area contributed by atoms with Crippen LogP contribution in [0.15, 0.2) is 64.8 Å². The quantitative estimate of drug-likeness (QED) is 0.771. The van der Waals surface area contributed by atoms with Crippen LogP contribution in [-0.4, -0.2) is 31.7 Å². The highest BCUT2D eigenvalue weighted by Crippen LogP contribution is 2.38. The van der Waals surface area contributed by atoms with Gasteiger partial charge in [0, 0.05) is 23.8 Å². The topological polar surface area (TPSA) is 77.0 Å². The maximum atomic E-state index is 12.3. The van der Waals surface area contributed by atoms with E-state index in [0.29, 0.717) is 17.2 Å². The van der Waals surface area contributed by atoms with E-state index in [-0.39, 0.29) is 17.2 Å². The van der Waals surface area contributed by atoms with Crippen molar-refractivity contribution >= 4 is 23.6 Å². The standard InChI is InChI=1S/C24H26N2O4/c1-24(2,3)18-14-23(28)26-19-13-16(8-9-17(18)19)25-22(27)11-7-15-6-10-20(29-4)21(12-15)30-5/h6-14,17H,1-5H3,(H,26,28)/b11-7-,25-16?. The molecule has 3 rings (SSSR count). The summed E-state index contributed by atoms with van der Waals surface area (Å²) in [6.45, 7) is 6.24. The van der Waals surface area contributed by atoms with Crippen molar-refractivity contribution in [1.82, 2.24) is 5.32 Å². The Balaban J connectivity index is 1.77. The Morgan fingerprint density at radius 3 is 2.53 bits per heavy atom. The number of hydrogen-bond acceptors (Lipinski definition) is 4. The second-order valence-electron chi connectivity index (χ2n) is 8.10. The van der Waals surface area contributed by atoms with Crippen molar-refractivity contribution in [3.63, 3.8) is 0 Å². The number of rotatable bonds is 4. The van der Waals surface area contributed by atoms with Crippen molar-refractivity contribution in [2.75, 3.05) is 14.2 Å². The average Bonchev–Trinajstić information content (AvgIpc) is 2.70. The van der Waals surface area contributed by atoms with Crippen LogP contribution in [0.1, 0.15) is 26.3 Å². The van der Waals surface area contributed by atoms with Crippen LogP contribution in [0.4, 0.5) is 0 Å². The monoisotopic (exact) mass is 406 g/mol. The fraction of sp³-hybridized carbons (Fsp3) is 0.292. The van der Waals surface area contributed by atoms with E-state index < -0.39 is 5.91 Å². The van der Waals surface area contributed by atoms with Crippen molar-refractivity contribution in [3.05, 3.63) is 65.4 Å². The third-order valence-electron chi connectivity index (χ3n) is 4.92. The summed E-state index contributed by atoms with van der Waals surface area (Å²) < 4.78 is 10.5. The Bertz CT molecular complexity index is 1020. The van der Waals surface area contributed by atoms with Gasteiger partial charge in [0.1, 0.15) is 0 Å². The largest absolute Gasteiger partial charge is 0.493 e. The first-order chi connectivity index (χ1) is 14.2. The van der Waals surface area contributed by atoms with Crippen LogP contribution in [0.2, 0.25) is 0 Å². The van der Waals surface area contributed by atoms with Gasteiger partial charge in [0.05, 0.1) is 19.9 Å². The molecule has 0 aromatic heterocycles. The molecule has 1 heterocycles. The molecule has 1 N–H and O–H groups in total. The lowest BCUT2D eigenvalue weighted by atomic mass is 9.74. The molecule has 0 spiro atoms. The first kappa shape index (κ1) is 21.3. The van der Waals surface area contributed by atoms with Crippen molar-refractivity contribution in [2.45, 2.75) is 20.8 Å². The van der Waals surface area contributed by atoms with Crippen molar-refractivity contribution in [1.29, 1.82) is 0 Å². The lowest BCUT2D eigenvalue weighted by Gasteiger charge is -2.34. The highest BCUT2D eigenvalue weighted by molar-refractivity contribution is 6.13. The summed E-state index contributed by atoms with van der Waals surface area (Å²) in [6, 6.07) is 5.37. The molecule has 0 radical (unpaired) electrons. The van der Waals surface area contributed by atoms with E-state index in [1.165, 1.54) is 6.08 Å². The van der Waals surface area contributed by atoms with Crippen LogP contribution in [0, 0.1) is 11.3 Å². The lowest BCUT2D eigenvalue weighted by Crippen LogP contribution is -2.36. The van der Waals surface area contributed by atoms with Crippen LogP contribution in [-0.2, 0) is 9.59 Å². The maximum Gasteiger partial charge on any atom is 0.270 e. The van der Waals surface area contributed by atoms with Gasteiger partial charge in [-0.1, -0.05) is 32.9 Å². The van der Waals surface area contributed by atoms with Crippen LogP contribution in [0.25, 0.3) is 6.08 Å². The van der Waals surface area contributed by atoms with Crippen molar-refractivity contribution in [3.8, 4) is 11.5 Å². The zero-order valence-corrected chi connectivity index (χ0v) is 17.9. The molecule has 2 aliphatic rings. The van der Waals surface area contributed by atoms with Crippen molar-refractivity contribution < 1.29 is 19.1 Å². The number of carbonyl (C=O) groups is 2. The summed E-state index contributed by atoms with van der Waals surface area (Å²) in [5, 5.41) is 2.86. The molecule has 1 aromatic carbocycles. The normalized spacial score (nSPS) is 19.8. The first-order valence-electron chi connectivity index (χ1n) is 9.67. The van der Waals surface area contributed by atoms with Crippen LogP contribution in [0.5, 0.6) is 11.5 Å². The Morgan fingerprint density at radius 2 is 1.87 bits per heavy atom. The molecule has 0 bridgehead atoms. The van der Waals surface area contributed by atoms with Gasteiger partial charge in [-0.25, -0.2) is 4.99 Å². The lowest BCUT2D eigenvalue weighted by molar-refractivity contribution is -0.116. The molecule has 1 aliphatic carbocycles. The van der Waals surface area contributed by atoms with Gasteiger partial charge in [0.15, 0.2) is 11.5 Å². The summed E-state index contributed by atoms with van der Waals surface area (Å²) in [6.07, 6.45) is 10.3. The van der Waals surface area contributed by atoms with Crippen LogP contribution in [0.3, 0.4) is 0 Å². The van der Waals surface area contributed by atoms with Crippen molar-refractivity contribution in [2.24, 2.45) is 16.3 Å². The zero-order chi connectivity index (χ0) is 21.9. The number of ether oxygens (including phenoxy) is 2. The number of hydrogen-bond donors (Lipinski definition) is 1. The minimum atomic E-state index is -0.395. The zero-order valence-electron chi connectivity index (χ0n) is 17.9. The number of amides is 2. The van der Waals surface area contributed by atoms with E-state index in [1.54, 1.807) is 44.6 Å². The fourth-order valence-corrected chi connectivity index (χ4v) is 3.43. The number of carbonyl (C=O) groups excluding carboxylic acids is 2. The molecule has 2 amide bonds. The molecule has 1 aromatic rings. The van der Waals surface area contributed by atoms with Gasteiger partial charge in [-0.05, 0) is 46.9 Å². The number of nitrogens with zero attached hydrogens (tertiary/aromatic N) is 1. The fourth-order valence-electron chi connectivity index (χ4n) is 3.43. The Kier molecular flexibility index (Phi) is 6.06. The minimum absolute atomic E-state index is 0.0148. The Hall–Kier alpha value is -3.41. The Morgan fingerprint density at radius 1 is 1.13 bits per heavy atom. The second kappa shape index (κ2) is 8.53. The molecule has 156 valence electrons. The smallest absolute Gasteiger partial charge is 0.270 e. The van der Waals surface area contributed by atoms with Gasteiger partial charge in [-0.3, -0.25) is 9.59 Å². The number of nitrogens with one attached hydrogen (secondary N) is 1. The number of allylic oxidation sites excluding steroid dienone is 3. The summed E-state index contributed by atoms with van der Waals surface area (Å²) in [5.74, 6) is 0.636. The number of benzene rings is 1. The third kappa shape index (κ3) is 4.76. The molecule has 0 saturated heterocycles. The molecule has 0 fully saturated rings. The summed E-state index contributed by atoms with van der Waals surface area (Å²) >= 11 is 0. The van der Waals surface area contributed by atoms with E-state index >= 15 is 0 Å². The van der Waals surface area contributed by atoms with Gasteiger partial charge in [0.25, 0.3) is 5.91 Å². The maximum absolute atomic E-state index is 12.3. The van der Waals surface area contributed by atoms with Gasteiger partial charge < -0.3 is 14.8 Å². The van der Waals surface area contributed by atoms with E-state index in [0.717, 1.165) is 16.8 Å². The predicted octanol–water partition coefficient (Wildman–Crippen LogP) is 3.86. The summed E-state index contributed by atoms with van der Waals surface area (Å²) in [5.41, 5.74) is 2.92. The molecule has 6 heteroatoms. The molecule has 30 heavy (non-hydrogen) atoms.